The molecule has 0 bridgehead atoms. The normalized spacial score (nSPS) is 38.7. The number of esters is 3. The first-order valence-corrected chi connectivity index (χ1v) is 9.37. The third-order valence-electron chi connectivity index (χ3n) is 6.99. The number of cyclic esters (lactones) is 3. The molecule has 138 valence electrons. The Morgan fingerprint density at radius 3 is 2.46 bits per heavy atom. The number of ether oxygens (including phenoxy) is 2. The lowest BCUT2D eigenvalue weighted by Gasteiger charge is -2.54. The molecular formula is C21H24O5. The van der Waals surface area contributed by atoms with Crippen LogP contribution in [-0.4, -0.2) is 24.5 Å². The summed E-state index contributed by atoms with van der Waals surface area (Å²) in [5.41, 5.74) is 1.46. The Kier molecular flexibility index (Phi) is 3.44. The Labute approximate surface area is 153 Å². The topological polar surface area (TPSA) is 69.7 Å². The zero-order valence-electron chi connectivity index (χ0n) is 15.7. The highest BCUT2D eigenvalue weighted by Crippen LogP contribution is 2.71. The van der Waals surface area contributed by atoms with Gasteiger partial charge < -0.3 is 9.47 Å². The first kappa shape index (κ1) is 17.3. The second-order valence-corrected chi connectivity index (χ2v) is 8.18. The van der Waals surface area contributed by atoms with E-state index in [9.17, 15) is 14.4 Å². The van der Waals surface area contributed by atoms with Crippen molar-refractivity contribution < 1.29 is 23.9 Å². The Morgan fingerprint density at radius 1 is 1.08 bits per heavy atom. The maximum absolute atomic E-state index is 12.7. The minimum atomic E-state index is -0.649. The fourth-order valence-corrected chi connectivity index (χ4v) is 5.55. The Bertz CT molecular complexity index is 844. The van der Waals surface area contributed by atoms with Crippen LogP contribution >= 0.6 is 0 Å². The molecule has 4 rings (SSSR count). The second kappa shape index (κ2) is 5.18. The van der Waals surface area contributed by atoms with Gasteiger partial charge in [-0.2, -0.15) is 0 Å². The second-order valence-electron chi connectivity index (χ2n) is 8.18. The van der Waals surface area contributed by atoms with E-state index in [4.69, 9.17) is 9.47 Å². The quantitative estimate of drug-likeness (QED) is 0.572. The summed E-state index contributed by atoms with van der Waals surface area (Å²) >= 11 is 0. The van der Waals surface area contributed by atoms with Crippen LogP contribution in [0.2, 0.25) is 0 Å². The number of rotatable bonds is 3. The predicted octanol–water partition coefficient (Wildman–Crippen LogP) is 3.40. The van der Waals surface area contributed by atoms with E-state index in [-0.39, 0.29) is 11.4 Å². The van der Waals surface area contributed by atoms with E-state index in [2.05, 4.69) is 19.1 Å². The van der Waals surface area contributed by atoms with E-state index in [1.807, 2.05) is 20.8 Å². The number of carbonyl (C=O) groups is 3. The molecule has 2 aliphatic heterocycles. The summed E-state index contributed by atoms with van der Waals surface area (Å²) in [6.07, 6.45) is 6.82. The molecule has 3 atom stereocenters. The molecule has 1 saturated heterocycles. The molecule has 2 aliphatic carbocycles. The van der Waals surface area contributed by atoms with Gasteiger partial charge in [-0.15, -0.1) is 0 Å². The highest BCUT2D eigenvalue weighted by atomic mass is 16.6. The van der Waals surface area contributed by atoms with Gasteiger partial charge in [0.1, 0.15) is 12.0 Å². The zero-order valence-corrected chi connectivity index (χ0v) is 15.7. The van der Waals surface area contributed by atoms with E-state index in [0.29, 0.717) is 37.0 Å². The molecule has 5 nitrogen and oxygen atoms in total. The van der Waals surface area contributed by atoms with Crippen LogP contribution in [-0.2, 0) is 23.9 Å². The summed E-state index contributed by atoms with van der Waals surface area (Å²) in [5.74, 6) is -1.25. The Hall–Kier alpha value is -2.17. The van der Waals surface area contributed by atoms with Gasteiger partial charge in [0, 0.05) is 16.4 Å². The van der Waals surface area contributed by atoms with Gasteiger partial charge in [-0.3, -0.25) is 4.79 Å². The van der Waals surface area contributed by atoms with Crippen molar-refractivity contribution in [3.8, 4) is 0 Å². The van der Waals surface area contributed by atoms with Gasteiger partial charge in [-0.25, -0.2) is 9.59 Å². The van der Waals surface area contributed by atoms with Gasteiger partial charge in [-0.1, -0.05) is 39.8 Å². The van der Waals surface area contributed by atoms with Crippen LogP contribution in [0.15, 0.2) is 34.4 Å². The monoisotopic (exact) mass is 356 g/mol. The molecule has 0 radical (unpaired) electrons. The van der Waals surface area contributed by atoms with Crippen molar-refractivity contribution in [2.24, 2.45) is 16.2 Å². The van der Waals surface area contributed by atoms with E-state index in [1.54, 1.807) is 0 Å². The predicted molar refractivity (Wildman–Crippen MR) is 93.7 cm³/mol. The van der Waals surface area contributed by atoms with Crippen molar-refractivity contribution in [2.75, 3.05) is 6.61 Å². The van der Waals surface area contributed by atoms with E-state index < -0.39 is 22.8 Å². The molecular weight excluding hydrogens is 332 g/mol. The lowest BCUT2D eigenvalue weighted by atomic mass is 9.44. The van der Waals surface area contributed by atoms with Crippen LogP contribution in [0.1, 0.15) is 53.4 Å². The summed E-state index contributed by atoms with van der Waals surface area (Å²) < 4.78 is 10.4. The molecule has 3 unspecified atom stereocenters. The van der Waals surface area contributed by atoms with Gasteiger partial charge >= 0.3 is 17.9 Å². The highest BCUT2D eigenvalue weighted by molar-refractivity contribution is 6.13. The first-order chi connectivity index (χ1) is 12.2. The largest absolute Gasteiger partial charge is 0.464 e. The van der Waals surface area contributed by atoms with Gasteiger partial charge in [-0.05, 0) is 36.8 Å². The molecule has 0 aromatic carbocycles. The summed E-state index contributed by atoms with van der Waals surface area (Å²) in [6, 6.07) is 0. The third kappa shape index (κ3) is 1.74. The molecule has 0 amide bonds. The third-order valence-corrected chi connectivity index (χ3v) is 6.99. The molecule has 2 heterocycles. The molecule has 5 heteroatoms. The number of hydrogen-bond donors (Lipinski definition) is 0. The fourth-order valence-electron chi connectivity index (χ4n) is 5.55. The molecule has 0 aromatic heterocycles. The summed E-state index contributed by atoms with van der Waals surface area (Å²) in [7, 11) is 0. The van der Waals surface area contributed by atoms with Gasteiger partial charge in [0.2, 0.25) is 0 Å². The van der Waals surface area contributed by atoms with E-state index in [1.165, 1.54) is 0 Å². The van der Waals surface area contributed by atoms with Crippen molar-refractivity contribution in [3.05, 3.63) is 34.4 Å². The van der Waals surface area contributed by atoms with Crippen LogP contribution in [0.3, 0.4) is 0 Å². The summed E-state index contributed by atoms with van der Waals surface area (Å²) in [4.78, 5) is 37.2. The average Bonchev–Trinajstić information content (AvgIpc) is 2.93. The number of carbonyl (C=O) groups excluding carboxylic acids is 3. The lowest BCUT2D eigenvalue weighted by molar-refractivity contribution is -0.151. The van der Waals surface area contributed by atoms with Crippen LogP contribution < -0.4 is 0 Å². The van der Waals surface area contributed by atoms with E-state index >= 15 is 0 Å². The summed E-state index contributed by atoms with van der Waals surface area (Å²) in [5, 5.41) is 0. The van der Waals surface area contributed by atoms with Crippen LogP contribution in [0.4, 0.5) is 0 Å². The zero-order chi connectivity index (χ0) is 18.9. The fraction of sp³-hybridized carbons (Fsp3) is 0.571. The van der Waals surface area contributed by atoms with Crippen LogP contribution in [0, 0.1) is 16.2 Å². The number of hydrogen-bond acceptors (Lipinski definition) is 5. The number of fused-ring (bicyclic) bond motifs is 4. The van der Waals surface area contributed by atoms with E-state index in [0.717, 1.165) is 17.6 Å². The van der Waals surface area contributed by atoms with Crippen LogP contribution in [0.5, 0.6) is 0 Å². The maximum atomic E-state index is 12.7. The molecule has 4 aliphatic rings. The van der Waals surface area contributed by atoms with Crippen molar-refractivity contribution >= 4 is 17.9 Å². The lowest BCUT2D eigenvalue weighted by Crippen LogP contribution is -2.54. The molecule has 0 N–H and O–H groups in total. The standard InChI is InChI=1S/C21H24O5/c1-5-12-15(17(23)26-16(12)22)19(3)9-7-8-13-14(10-19)21(6-2)18(24)25-11-20(13,21)4/h8,10H,5-7,9,11H2,1-4H3. The van der Waals surface area contributed by atoms with Crippen molar-refractivity contribution in [2.45, 2.75) is 53.4 Å². The summed E-state index contributed by atoms with van der Waals surface area (Å²) in [6.45, 7) is 8.34. The van der Waals surface area contributed by atoms with Gasteiger partial charge in [0.25, 0.3) is 0 Å². The average molecular weight is 356 g/mol. The van der Waals surface area contributed by atoms with Crippen molar-refractivity contribution in [1.29, 1.82) is 0 Å². The molecule has 0 aromatic rings. The Morgan fingerprint density at radius 2 is 1.81 bits per heavy atom. The van der Waals surface area contributed by atoms with Crippen molar-refractivity contribution in [3.63, 3.8) is 0 Å². The Balaban J connectivity index is 1.90. The molecule has 26 heavy (non-hydrogen) atoms. The van der Waals surface area contributed by atoms with Gasteiger partial charge in [0.15, 0.2) is 0 Å². The molecule has 1 saturated carbocycles. The number of allylic oxidation sites excluding steroid dienone is 2. The smallest absolute Gasteiger partial charge is 0.343 e. The molecule has 2 fully saturated rings. The molecule has 0 spiro atoms. The van der Waals surface area contributed by atoms with Crippen LogP contribution in [0.25, 0.3) is 0 Å². The maximum Gasteiger partial charge on any atom is 0.343 e. The highest BCUT2D eigenvalue weighted by Gasteiger charge is 2.72. The SMILES string of the molecule is CCC1=C(C2(C)C=C3C(=CCC2)C2(C)COC(=O)C32CC)C(=O)OC1=O. The minimum Gasteiger partial charge on any atom is -0.464 e. The first-order valence-electron chi connectivity index (χ1n) is 9.37. The minimum absolute atomic E-state index is 0.176. The van der Waals surface area contributed by atoms with Gasteiger partial charge in [0.05, 0.1) is 5.57 Å². The van der Waals surface area contributed by atoms with Crippen molar-refractivity contribution in [1.82, 2.24) is 0 Å².